The molecule has 0 radical (unpaired) electrons. The first kappa shape index (κ1) is 25.7. The van der Waals surface area contributed by atoms with Crippen molar-refractivity contribution in [3.8, 4) is 33.6 Å². The molecule has 0 N–H and O–H groups in total. The van der Waals surface area contributed by atoms with Crippen LogP contribution in [-0.4, -0.2) is 9.97 Å². The molecular formula is C42H28N2O. The van der Waals surface area contributed by atoms with Gasteiger partial charge in [-0.2, -0.15) is 0 Å². The largest absolute Gasteiger partial charge is 0.456 e. The molecule has 212 valence electrons. The molecule has 0 saturated heterocycles. The van der Waals surface area contributed by atoms with Crippen LogP contribution >= 0.6 is 0 Å². The highest BCUT2D eigenvalue weighted by Crippen LogP contribution is 2.40. The van der Waals surface area contributed by atoms with Gasteiger partial charge in [0.25, 0.3) is 0 Å². The molecule has 7 aromatic carbocycles. The monoisotopic (exact) mass is 576 g/mol. The summed E-state index contributed by atoms with van der Waals surface area (Å²) >= 11 is 0. The van der Waals surface area contributed by atoms with Crippen LogP contribution in [0.3, 0.4) is 0 Å². The van der Waals surface area contributed by atoms with Gasteiger partial charge in [0.15, 0.2) is 0 Å². The van der Waals surface area contributed by atoms with Gasteiger partial charge in [-0.05, 0) is 65.6 Å². The normalized spacial score (nSPS) is 11.8. The van der Waals surface area contributed by atoms with Crippen molar-refractivity contribution >= 4 is 54.5 Å². The zero-order valence-electron chi connectivity index (χ0n) is 25.0. The van der Waals surface area contributed by atoms with E-state index in [9.17, 15) is 0 Å². The zero-order chi connectivity index (χ0) is 30.1. The van der Waals surface area contributed by atoms with Crippen LogP contribution in [0.1, 0.15) is 11.1 Å². The van der Waals surface area contributed by atoms with Gasteiger partial charge in [0.2, 0.25) is 0 Å². The summed E-state index contributed by atoms with van der Waals surface area (Å²) in [7, 11) is 0. The van der Waals surface area contributed by atoms with Crippen LogP contribution < -0.4 is 0 Å². The van der Waals surface area contributed by atoms with E-state index in [0.29, 0.717) is 0 Å². The molecule has 0 atom stereocenters. The lowest BCUT2D eigenvalue weighted by Gasteiger charge is -2.16. The Hall–Kier alpha value is -5.80. The first-order valence-electron chi connectivity index (χ1n) is 15.3. The Morgan fingerprint density at radius 3 is 1.76 bits per heavy atom. The molecule has 0 saturated carbocycles. The number of rotatable bonds is 3. The molecule has 0 unspecified atom stereocenters. The van der Waals surface area contributed by atoms with E-state index in [0.717, 1.165) is 77.4 Å². The summed E-state index contributed by atoms with van der Waals surface area (Å²) in [4.78, 5) is 11.0. The molecule has 0 aliphatic carbocycles. The Morgan fingerprint density at radius 1 is 0.422 bits per heavy atom. The number of benzene rings is 7. The highest BCUT2D eigenvalue weighted by atomic mass is 16.3. The topological polar surface area (TPSA) is 38.9 Å². The molecule has 45 heavy (non-hydrogen) atoms. The van der Waals surface area contributed by atoms with Gasteiger partial charge < -0.3 is 4.42 Å². The highest BCUT2D eigenvalue weighted by molar-refractivity contribution is 6.23. The van der Waals surface area contributed by atoms with Crippen LogP contribution in [0, 0.1) is 13.8 Å². The van der Waals surface area contributed by atoms with Gasteiger partial charge in [-0.3, -0.25) is 0 Å². The fourth-order valence-electron chi connectivity index (χ4n) is 6.88. The van der Waals surface area contributed by atoms with E-state index < -0.39 is 0 Å². The minimum Gasteiger partial charge on any atom is -0.456 e. The number of hydrogen-bond donors (Lipinski definition) is 0. The van der Waals surface area contributed by atoms with E-state index in [-0.39, 0.29) is 0 Å². The third-order valence-corrected chi connectivity index (χ3v) is 9.03. The second-order valence-electron chi connectivity index (χ2n) is 11.9. The maximum atomic E-state index is 6.11. The van der Waals surface area contributed by atoms with Gasteiger partial charge >= 0.3 is 0 Å². The highest BCUT2D eigenvalue weighted by Gasteiger charge is 2.19. The quantitative estimate of drug-likeness (QED) is 0.196. The maximum Gasteiger partial charge on any atom is 0.135 e. The molecule has 9 aromatic rings. The molecule has 0 bridgehead atoms. The van der Waals surface area contributed by atoms with Crippen LogP contribution in [0.25, 0.3) is 88.2 Å². The summed E-state index contributed by atoms with van der Waals surface area (Å²) < 4.78 is 6.11. The average molecular weight is 577 g/mol. The predicted molar refractivity (Wildman–Crippen MR) is 188 cm³/mol. The van der Waals surface area contributed by atoms with E-state index in [1.165, 1.54) is 21.9 Å². The molecule has 2 aromatic heterocycles. The zero-order valence-corrected chi connectivity index (χ0v) is 25.0. The van der Waals surface area contributed by atoms with Crippen molar-refractivity contribution in [2.24, 2.45) is 0 Å². The van der Waals surface area contributed by atoms with E-state index in [1.54, 1.807) is 0 Å². The number of nitrogens with zero attached hydrogens (tertiary/aromatic N) is 2. The lowest BCUT2D eigenvalue weighted by atomic mass is 9.94. The Kier molecular flexibility index (Phi) is 5.63. The predicted octanol–water partition coefficient (Wildman–Crippen LogP) is 11.5. The van der Waals surface area contributed by atoms with Gasteiger partial charge in [0.1, 0.15) is 11.2 Å². The molecule has 9 rings (SSSR count). The summed E-state index contributed by atoms with van der Waals surface area (Å²) in [6, 6.07) is 47.0. The fraction of sp³-hybridized carbons (Fsp3) is 0.0476. The number of aromatic nitrogens is 2. The number of fused-ring (bicyclic) bond motifs is 9. The molecule has 2 heterocycles. The van der Waals surface area contributed by atoms with Crippen LogP contribution in [0.2, 0.25) is 0 Å². The van der Waals surface area contributed by atoms with E-state index in [1.807, 2.05) is 12.1 Å². The standard InChI is InChI=1S/C42H28N2O/c1-25-18-20-30(26(2)22-25)40-39(43-41-34-15-5-3-12-31(34)32-13-4-6-16-35(32)42(41)44-40)29-11-9-10-27(23-29)28-19-21-38-36(24-28)33-14-7-8-17-37(33)45-38/h3-24H,1-2H3. The van der Waals surface area contributed by atoms with Gasteiger partial charge in [0, 0.05) is 32.7 Å². The first-order chi connectivity index (χ1) is 22.1. The molecule has 3 nitrogen and oxygen atoms in total. The van der Waals surface area contributed by atoms with E-state index >= 15 is 0 Å². The number of furan rings is 1. The second kappa shape index (κ2) is 9.87. The van der Waals surface area contributed by atoms with Crippen LogP contribution in [0.5, 0.6) is 0 Å². The van der Waals surface area contributed by atoms with Crippen molar-refractivity contribution in [3.05, 3.63) is 145 Å². The SMILES string of the molecule is Cc1ccc(-c2nc3c4ccccc4c4ccccc4c3nc2-c2cccc(-c3ccc4oc5ccccc5c4c3)c2)c(C)c1. The summed E-state index contributed by atoms with van der Waals surface area (Å²) in [5.74, 6) is 0. The van der Waals surface area contributed by atoms with Gasteiger partial charge in [-0.15, -0.1) is 0 Å². The summed E-state index contributed by atoms with van der Waals surface area (Å²) in [5.41, 5.74) is 12.2. The Labute approximate surface area is 260 Å². The Morgan fingerprint density at radius 2 is 1.02 bits per heavy atom. The fourth-order valence-corrected chi connectivity index (χ4v) is 6.88. The second-order valence-corrected chi connectivity index (χ2v) is 11.9. The van der Waals surface area contributed by atoms with Crippen molar-refractivity contribution in [1.82, 2.24) is 9.97 Å². The molecule has 0 aliphatic heterocycles. The maximum absolute atomic E-state index is 6.11. The van der Waals surface area contributed by atoms with Gasteiger partial charge in [0.05, 0.1) is 22.4 Å². The van der Waals surface area contributed by atoms with E-state index in [2.05, 4.69) is 135 Å². The van der Waals surface area contributed by atoms with Crippen LogP contribution in [0.4, 0.5) is 0 Å². The Balaban J connectivity index is 1.33. The lowest BCUT2D eigenvalue weighted by Crippen LogP contribution is -1.99. The number of hydrogen-bond acceptors (Lipinski definition) is 3. The first-order valence-corrected chi connectivity index (χ1v) is 15.3. The minimum absolute atomic E-state index is 0.881. The summed E-state index contributed by atoms with van der Waals surface area (Å²) in [6.45, 7) is 4.30. The van der Waals surface area contributed by atoms with Crippen molar-refractivity contribution in [2.45, 2.75) is 13.8 Å². The molecule has 0 amide bonds. The van der Waals surface area contributed by atoms with Crippen LogP contribution in [-0.2, 0) is 0 Å². The summed E-state index contributed by atoms with van der Waals surface area (Å²) in [6.07, 6.45) is 0. The van der Waals surface area contributed by atoms with Crippen molar-refractivity contribution < 1.29 is 4.42 Å². The number of para-hydroxylation sites is 1. The van der Waals surface area contributed by atoms with Crippen molar-refractivity contribution in [1.29, 1.82) is 0 Å². The summed E-state index contributed by atoms with van der Waals surface area (Å²) in [5, 5.41) is 6.86. The van der Waals surface area contributed by atoms with Crippen LogP contribution in [0.15, 0.2) is 138 Å². The van der Waals surface area contributed by atoms with Gasteiger partial charge in [-0.1, -0.05) is 115 Å². The third-order valence-electron chi connectivity index (χ3n) is 9.03. The molecule has 3 heteroatoms. The van der Waals surface area contributed by atoms with Crippen molar-refractivity contribution in [3.63, 3.8) is 0 Å². The molecule has 0 fully saturated rings. The number of aryl methyl sites for hydroxylation is 2. The van der Waals surface area contributed by atoms with Crippen molar-refractivity contribution in [2.75, 3.05) is 0 Å². The van der Waals surface area contributed by atoms with Gasteiger partial charge in [-0.25, -0.2) is 9.97 Å². The molecule has 0 spiro atoms. The third kappa shape index (κ3) is 4.05. The lowest BCUT2D eigenvalue weighted by molar-refractivity contribution is 0.669. The molecular weight excluding hydrogens is 548 g/mol. The average Bonchev–Trinajstić information content (AvgIpc) is 3.46. The Bertz CT molecular complexity index is 2630. The molecule has 0 aliphatic rings. The van der Waals surface area contributed by atoms with E-state index in [4.69, 9.17) is 14.4 Å². The smallest absolute Gasteiger partial charge is 0.135 e. The minimum atomic E-state index is 0.881.